The van der Waals surface area contributed by atoms with E-state index in [1.54, 1.807) is 41.1 Å². The fourth-order valence-electron chi connectivity index (χ4n) is 3.19. The number of hydrogen-bond acceptors (Lipinski definition) is 5. The van der Waals surface area contributed by atoms with Crippen LogP contribution in [0.3, 0.4) is 0 Å². The molecular formula is C22H13FN3O4S-. The molecule has 2 aromatic carbocycles. The van der Waals surface area contributed by atoms with Gasteiger partial charge in [-0.05, 0) is 60.3 Å². The Labute approximate surface area is 181 Å². The maximum atomic E-state index is 14.3. The van der Waals surface area contributed by atoms with Gasteiger partial charge in [-0.3, -0.25) is 14.9 Å². The lowest BCUT2D eigenvalue weighted by molar-refractivity contribution is -0.255. The second-order valence-corrected chi connectivity index (χ2v) is 6.94. The number of carboxylic acid groups (broad SMARTS) is 1. The molecule has 2 amide bonds. The minimum absolute atomic E-state index is 0.0210. The van der Waals surface area contributed by atoms with Crippen molar-refractivity contribution in [2.45, 2.75) is 0 Å². The van der Waals surface area contributed by atoms with Crippen molar-refractivity contribution in [1.82, 2.24) is 9.88 Å². The Balaban J connectivity index is 1.77. The summed E-state index contributed by atoms with van der Waals surface area (Å²) < 4.78 is 15.9. The van der Waals surface area contributed by atoms with Crippen LogP contribution in [0.15, 0.2) is 72.4 Å². The number of thiocarbonyl (C=S) groups is 1. The lowest BCUT2D eigenvalue weighted by Crippen LogP contribution is -2.54. The Kier molecular flexibility index (Phi) is 5.18. The Morgan fingerprint density at radius 3 is 2.58 bits per heavy atom. The molecule has 1 aliphatic rings. The van der Waals surface area contributed by atoms with E-state index in [0.29, 0.717) is 11.4 Å². The zero-order chi connectivity index (χ0) is 22.1. The van der Waals surface area contributed by atoms with E-state index in [1.165, 1.54) is 36.4 Å². The number of aromatic nitrogens is 1. The third kappa shape index (κ3) is 3.74. The molecule has 3 aromatic rings. The van der Waals surface area contributed by atoms with Crippen molar-refractivity contribution in [2.24, 2.45) is 0 Å². The smallest absolute Gasteiger partial charge is 0.270 e. The van der Waals surface area contributed by atoms with Gasteiger partial charge in [0, 0.05) is 17.6 Å². The summed E-state index contributed by atoms with van der Waals surface area (Å²) in [6.07, 6.45) is 2.98. The van der Waals surface area contributed by atoms with E-state index in [4.69, 9.17) is 12.2 Å². The molecule has 31 heavy (non-hydrogen) atoms. The van der Waals surface area contributed by atoms with Gasteiger partial charge in [0.1, 0.15) is 11.4 Å². The van der Waals surface area contributed by atoms with Crippen LogP contribution < -0.4 is 15.3 Å². The second-order valence-electron chi connectivity index (χ2n) is 6.55. The van der Waals surface area contributed by atoms with Gasteiger partial charge >= 0.3 is 0 Å². The molecule has 0 bridgehead atoms. The summed E-state index contributed by atoms with van der Waals surface area (Å²) in [5.41, 5.74) is 0.555. The molecule has 9 heteroatoms. The quantitative estimate of drug-likeness (QED) is 0.384. The average molecular weight is 434 g/mol. The third-order valence-electron chi connectivity index (χ3n) is 4.63. The van der Waals surface area contributed by atoms with Crippen LogP contribution in [0.1, 0.15) is 16.1 Å². The molecule has 1 aliphatic heterocycles. The first kappa shape index (κ1) is 20.2. The van der Waals surface area contributed by atoms with Gasteiger partial charge in [0.05, 0.1) is 11.7 Å². The predicted octanol–water partition coefficient (Wildman–Crippen LogP) is 1.81. The Bertz CT molecular complexity index is 1280. The molecule has 1 saturated heterocycles. The molecule has 4 rings (SSSR count). The lowest BCUT2D eigenvalue weighted by atomic mass is 10.1. The Morgan fingerprint density at radius 2 is 1.84 bits per heavy atom. The molecule has 1 fully saturated rings. The molecule has 0 spiro atoms. The van der Waals surface area contributed by atoms with Crippen molar-refractivity contribution >= 4 is 46.9 Å². The van der Waals surface area contributed by atoms with Crippen LogP contribution in [0.5, 0.6) is 0 Å². The van der Waals surface area contributed by atoms with E-state index >= 15 is 0 Å². The molecule has 0 unspecified atom stereocenters. The van der Waals surface area contributed by atoms with E-state index in [2.05, 4.69) is 5.32 Å². The molecule has 0 saturated carbocycles. The van der Waals surface area contributed by atoms with Crippen LogP contribution >= 0.6 is 12.2 Å². The molecule has 7 nitrogen and oxygen atoms in total. The van der Waals surface area contributed by atoms with Crippen LogP contribution in [0.4, 0.5) is 10.1 Å². The molecule has 2 heterocycles. The first-order valence-electron chi connectivity index (χ1n) is 9.02. The zero-order valence-corrected chi connectivity index (χ0v) is 16.6. The summed E-state index contributed by atoms with van der Waals surface area (Å²) in [7, 11) is 0. The summed E-state index contributed by atoms with van der Waals surface area (Å²) in [5, 5.41) is 13.3. The number of aromatic carboxylic acids is 1. The first-order valence-corrected chi connectivity index (χ1v) is 9.43. The number of halogens is 1. The van der Waals surface area contributed by atoms with E-state index in [0.717, 1.165) is 4.90 Å². The molecule has 0 atom stereocenters. The average Bonchev–Trinajstić information content (AvgIpc) is 3.21. The number of amides is 2. The van der Waals surface area contributed by atoms with Crippen LogP contribution in [-0.2, 0) is 9.59 Å². The zero-order valence-electron chi connectivity index (χ0n) is 15.7. The van der Waals surface area contributed by atoms with E-state index in [-0.39, 0.29) is 21.9 Å². The first-order chi connectivity index (χ1) is 14.9. The van der Waals surface area contributed by atoms with Crippen LogP contribution in [0.2, 0.25) is 0 Å². The minimum Gasteiger partial charge on any atom is -0.545 e. The van der Waals surface area contributed by atoms with E-state index in [9.17, 15) is 23.9 Å². The largest absolute Gasteiger partial charge is 0.545 e. The number of carbonyl (C=O) groups is 3. The summed E-state index contributed by atoms with van der Waals surface area (Å²) in [4.78, 5) is 37.6. The summed E-state index contributed by atoms with van der Waals surface area (Å²) in [6, 6.07) is 14.9. The molecule has 1 N–H and O–H groups in total. The number of para-hydroxylation sites is 1. The maximum Gasteiger partial charge on any atom is 0.270 e. The second kappa shape index (κ2) is 7.96. The summed E-state index contributed by atoms with van der Waals surface area (Å²) in [5.74, 6) is -3.50. The number of carboxylic acids is 1. The molecule has 154 valence electrons. The number of benzene rings is 2. The van der Waals surface area contributed by atoms with Gasteiger partial charge in [-0.15, -0.1) is 0 Å². The predicted molar refractivity (Wildman–Crippen MR) is 113 cm³/mol. The van der Waals surface area contributed by atoms with Gasteiger partial charge in [-0.1, -0.05) is 24.3 Å². The van der Waals surface area contributed by atoms with E-state index < -0.39 is 23.6 Å². The van der Waals surface area contributed by atoms with Crippen molar-refractivity contribution in [1.29, 1.82) is 0 Å². The lowest BCUT2D eigenvalue weighted by Gasteiger charge is -2.29. The fourth-order valence-corrected chi connectivity index (χ4v) is 3.46. The Morgan fingerprint density at radius 1 is 1.06 bits per heavy atom. The van der Waals surface area contributed by atoms with Gasteiger partial charge in [0.2, 0.25) is 0 Å². The van der Waals surface area contributed by atoms with Gasteiger partial charge < -0.3 is 14.5 Å². The monoisotopic (exact) mass is 434 g/mol. The van der Waals surface area contributed by atoms with Crippen LogP contribution in [0, 0.1) is 5.82 Å². The van der Waals surface area contributed by atoms with Gasteiger partial charge in [-0.2, -0.15) is 0 Å². The summed E-state index contributed by atoms with van der Waals surface area (Å²) >= 11 is 5.08. The van der Waals surface area contributed by atoms with Crippen LogP contribution in [-0.4, -0.2) is 27.5 Å². The number of anilines is 1. The van der Waals surface area contributed by atoms with E-state index in [1.807, 2.05) is 0 Å². The van der Waals surface area contributed by atoms with Gasteiger partial charge in [-0.25, -0.2) is 9.29 Å². The van der Waals surface area contributed by atoms with Crippen molar-refractivity contribution < 1.29 is 23.9 Å². The van der Waals surface area contributed by atoms with Gasteiger partial charge in [0.15, 0.2) is 5.11 Å². The number of hydrogen-bond donors (Lipinski definition) is 1. The molecule has 0 aliphatic carbocycles. The number of carbonyl (C=O) groups excluding carboxylic acids is 3. The topological polar surface area (TPSA) is 94.5 Å². The van der Waals surface area contributed by atoms with Crippen molar-refractivity contribution in [2.75, 3.05) is 4.90 Å². The van der Waals surface area contributed by atoms with Crippen LogP contribution in [0.25, 0.3) is 11.8 Å². The van der Waals surface area contributed by atoms with Crippen molar-refractivity contribution in [3.05, 3.63) is 89.5 Å². The number of nitrogens with zero attached hydrogens (tertiary/aromatic N) is 2. The maximum absolute atomic E-state index is 14.3. The minimum atomic E-state index is -1.33. The normalized spacial score (nSPS) is 15.3. The summed E-state index contributed by atoms with van der Waals surface area (Å²) in [6.45, 7) is 0. The number of rotatable bonds is 4. The van der Waals surface area contributed by atoms with Crippen molar-refractivity contribution in [3.8, 4) is 5.69 Å². The molecular weight excluding hydrogens is 421 g/mol. The standard InChI is InChI=1S/C22H14FN3O4S/c23-17-8-1-2-9-18(17)26-20(28)16(19(27)24-22(26)31)12-15-7-4-10-25(15)14-6-3-5-13(11-14)21(29)30/h1-12H,(H,29,30)(H,24,27,31)/p-1/b16-12-. The highest BCUT2D eigenvalue weighted by molar-refractivity contribution is 7.80. The SMILES string of the molecule is O=C1NC(=S)N(c2ccccc2F)C(=O)/C1=C\c1cccn1-c1cccc(C(=O)[O-])c1. The number of nitrogens with one attached hydrogen (secondary N) is 1. The third-order valence-corrected chi connectivity index (χ3v) is 4.91. The molecule has 0 radical (unpaired) electrons. The highest BCUT2D eigenvalue weighted by Gasteiger charge is 2.35. The van der Waals surface area contributed by atoms with Gasteiger partial charge in [0.25, 0.3) is 11.8 Å². The highest BCUT2D eigenvalue weighted by atomic mass is 32.1. The highest BCUT2D eigenvalue weighted by Crippen LogP contribution is 2.25. The molecule has 1 aromatic heterocycles. The van der Waals surface area contributed by atoms with Crippen molar-refractivity contribution in [3.63, 3.8) is 0 Å². The fraction of sp³-hybridized carbons (Fsp3) is 0. The Hall–Kier alpha value is -4.11.